The highest BCUT2D eigenvalue weighted by Gasteiger charge is 2.39. The van der Waals surface area contributed by atoms with Crippen LogP contribution in [0.25, 0.3) is 0 Å². The fourth-order valence-corrected chi connectivity index (χ4v) is 5.25. The first-order valence-electron chi connectivity index (χ1n) is 9.85. The number of hydrogen-bond acceptors (Lipinski definition) is 4. The van der Waals surface area contributed by atoms with E-state index < -0.39 is 0 Å². The van der Waals surface area contributed by atoms with E-state index in [-0.39, 0.29) is 10.7 Å². The average molecular weight is 382 g/mol. The molecular formula is C23H27NO2S. The number of ketones is 1. The molecule has 2 aromatic carbocycles. The van der Waals surface area contributed by atoms with E-state index in [2.05, 4.69) is 24.0 Å². The molecule has 0 bridgehead atoms. The number of hydrogen-bond donors (Lipinski definition) is 0. The third-order valence-electron chi connectivity index (χ3n) is 5.74. The minimum Gasteiger partial charge on any atom is -0.363 e. The van der Waals surface area contributed by atoms with Crippen molar-refractivity contribution in [3.8, 4) is 0 Å². The normalized spacial score (nSPS) is 20.6. The second kappa shape index (κ2) is 8.17. The van der Waals surface area contributed by atoms with Crippen molar-refractivity contribution in [3.63, 3.8) is 0 Å². The van der Waals surface area contributed by atoms with Crippen molar-refractivity contribution in [1.82, 2.24) is 4.90 Å². The predicted molar refractivity (Wildman–Crippen MR) is 112 cm³/mol. The summed E-state index contributed by atoms with van der Waals surface area (Å²) in [4.78, 5) is 15.2. The van der Waals surface area contributed by atoms with Crippen LogP contribution in [0.5, 0.6) is 0 Å². The van der Waals surface area contributed by atoms with E-state index in [0.29, 0.717) is 5.92 Å². The van der Waals surface area contributed by atoms with Crippen LogP contribution in [-0.2, 0) is 4.74 Å². The van der Waals surface area contributed by atoms with Crippen molar-refractivity contribution in [2.24, 2.45) is 0 Å². The van der Waals surface area contributed by atoms with Crippen molar-refractivity contribution in [2.45, 2.75) is 30.6 Å². The summed E-state index contributed by atoms with van der Waals surface area (Å²) in [6.07, 6.45) is 2.27. The van der Waals surface area contributed by atoms with Gasteiger partial charge in [0, 0.05) is 36.5 Å². The van der Waals surface area contributed by atoms with Crippen LogP contribution >= 0.6 is 11.8 Å². The van der Waals surface area contributed by atoms with Crippen LogP contribution in [0.1, 0.15) is 47.2 Å². The van der Waals surface area contributed by atoms with Crippen LogP contribution in [0.3, 0.4) is 0 Å². The van der Waals surface area contributed by atoms with Crippen LogP contribution in [0, 0.1) is 0 Å². The van der Waals surface area contributed by atoms with Gasteiger partial charge in [0.05, 0.1) is 6.61 Å². The summed E-state index contributed by atoms with van der Waals surface area (Å²) in [5, 5.41) is 0. The van der Waals surface area contributed by atoms with E-state index >= 15 is 0 Å². The number of carbonyl (C=O) groups is 1. The number of carbonyl (C=O) groups excluding carboxylic acids is 1. The summed E-state index contributed by atoms with van der Waals surface area (Å²) in [6.45, 7) is 6.48. The zero-order valence-electron chi connectivity index (χ0n) is 15.9. The van der Waals surface area contributed by atoms with Crippen LogP contribution in [0.4, 0.5) is 0 Å². The lowest BCUT2D eigenvalue weighted by molar-refractivity contribution is 0.000732. The molecule has 1 spiro atoms. The molecule has 2 saturated heterocycles. The van der Waals surface area contributed by atoms with Gasteiger partial charge in [0.15, 0.2) is 5.78 Å². The Morgan fingerprint density at radius 2 is 1.74 bits per heavy atom. The lowest BCUT2D eigenvalue weighted by Crippen LogP contribution is -2.43. The molecule has 142 valence electrons. The van der Waals surface area contributed by atoms with Crippen LogP contribution < -0.4 is 0 Å². The van der Waals surface area contributed by atoms with Crippen LogP contribution in [0.2, 0.25) is 0 Å². The molecule has 4 heteroatoms. The molecule has 0 saturated carbocycles. The highest BCUT2D eigenvalue weighted by molar-refractivity contribution is 8.00. The molecule has 2 aliphatic heterocycles. The Labute approximate surface area is 166 Å². The molecule has 2 aromatic rings. The summed E-state index contributed by atoms with van der Waals surface area (Å²) in [7, 11) is 0. The SMILES string of the molecule is CC(CN1CCC2(CC1)OCCS2)c1ccc(C(=O)c2ccccc2)cc1. The molecule has 2 heterocycles. The molecule has 0 radical (unpaired) electrons. The summed E-state index contributed by atoms with van der Waals surface area (Å²) in [6, 6.07) is 17.6. The maximum atomic E-state index is 12.5. The molecule has 0 N–H and O–H groups in total. The number of likely N-dealkylation sites (tertiary alicyclic amines) is 1. The van der Waals surface area contributed by atoms with E-state index in [0.717, 1.165) is 56.0 Å². The van der Waals surface area contributed by atoms with Gasteiger partial charge in [0.1, 0.15) is 4.93 Å². The van der Waals surface area contributed by atoms with Gasteiger partial charge >= 0.3 is 0 Å². The van der Waals surface area contributed by atoms with Gasteiger partial charge < -0.3 is 9.64 Å². The van der Waals surface area contributed by atoms with Gasteiger partial charge in [-0.05, 0) is 24.3 Å². The Morgan fingerprint density at radius 3 is 2.37 bits per heavy atom. The number of benzene rings is 2. The van der Waals surface area contributed by atoms with E-state index in [1.807, 2.05) is 54.2 Å². The zero-order chi connectivity index (χ0) is 18.7. The van der Waals surface area contributed by atoms with Crippen molar-refractivity contribution in [3.05, 3.63) is 71.3 Å². The Morgan fingerprint density at radius 1 is 1.07 bits per heavy atom. The third kappa shape index (κ3) is 4.29. The average Bonchev–Trinajstić information content (AvgIpc) is 3.18. The van der Waals surface area contributed by atoms with Crippen molar-refractivity contribution < 1.29 is 9.53 Å². The standard InChI is InChI=1S/C23H27NO2S/c1-18(17-24-13-11-23(12-14-24)26-15-16-27-23)19-7-9-21(10-8-19)22(25)20-5-3-2-4-6-20/h2-10,18H,11-17H2,1H3. The number of rotatable bonds is 5. The van der Waals surface area contributed by atoms with Crippen molar-refractivity contribution in [2.75, 3.05) is 32.0 Å². The van der Waals surface area contributed by atoms with Crippen molar-refractivity contribution in [1.29, 1.82) is 0 Å². The molecule has 0 aromatic heterocycles. The smallest absolute Gasteiger partial charge is 0.193 e. The molecule has 0 amide bonds. The fourth-order valence-electron chi connectivity index (χ4n) is 4.07. The molecule has 27 heavy (non-hydrogen) atoms. The van der Waals surface area contributed by atoms with E-state index in [4.69, 9.17) is 4.74 Å². The largest absolute Gasteiger partial charge is 0.363 e. The van der Waals surface area contributed by atoms with Crippen LogP contribution in [-0.4, -0.2) is 47.6 Å². The topological polar surface area (TPSA) is 29.5 Å². The summed E-state index contributed by atoms with van der Waals surface area (Å²) in [5.41, 5.74) is 2.80. The Balaban J connectivity index is 1.34. The number of piperidine rings is 1. The molecule has 2 fully saturated rings. The van der Waals surface area contributed by atoms with E-state index in [1.165, 1.54) is 5.56 Å². The van der Waals surface area contributed by atoms with Crippen LogP contribution in [0.15, 0.2) is 54.6 Å². The monoisotopic (exact) mass is 381 g/mol. The van der Waals surface area contributed by atoms with Gasteiger partial charge in [0.25, 0.3) is 0 Å². The molecule has 3 nitrogen and oxygen atoms in total. The van der Waals surface area contributed by atoms with Gasteiger partial charge in [0.2, 0.25) is 0 Å². The number of thioether (sulfide) groups is 1. The summed E-state index contributed by atoms with van der Waals surface area (Å²) < 4.78 is 6.00. The molecule has 0 aliphatic carbocycles. The second-order valence-corrected chi connectivity index (χ2v) is 9.07. The Hall–Kier alpha value is -1.62. The molecule has 2 aliphatic rings. The first kappa shape index (κ1) is 18.7. The Bertz CT molecular complexity index is 759. The minimum atomic E-state index is 0.0881. The lowest BCUT2D eigenvalue weighted by atomic mass is 9.96. The van der Waals surface area contributed by atoms with E-state index in [9.17, 15) is 4.79 Å². The van der Waals surface area contributed by atoms with Gasteiger partial charge in [-0.15, -0.1) is 11.8 Å². The fraction of sp³-hybridized carbons (Fsp3) is 0.435. The van der Waals surface area contributed by atoms with Gasteiger partial charge in [-0.2, -0.15) is 0 Å². The second-order valence-electron chi connectivity index (χ2n) is 7.63. The highest BCUT2D eigenvalue weighted by Crippen LogP contribution is 2.41. The first-order valence-corrected chi connectivity index (χ1v) is 10.8. The third-order valence-corrected chi connectivity index (χ3v) is 7.16. The minimum absolute atomic E-state index is 0.0881. The number of ether oxygens (including phenoxy) is 1. The lowest BCUT2D eigenvalue weighted by Gasteiger charge is -2.38. The van der Waals surface area contributed by atoms with Gasteiger partial charge in [-0.1, -0.05) is 61.5 Å². The summed E-state index contributed by atoms with van der Waals surface area (Å²) in [5.74, 6) is 1.69. The predicted octanol–water partition coefficient (Wildman–Crippen LogP) is 4.58. The molecular weight excluding hydrogens is 354 g/mol. The maximum absolute atomic E-state index is 12.5. The first-order chi connectivity index (χ1) is 13.2. The quantitative estimate of drug-likeness (QED) is 0.709. The molecule has 1 unspecified atom stereocenters. The van der Waals surface area contributed by atoms with Crippen molar-refractivity contribution >= 4 is 17.5 Å². The van der Waals surface area contributed by atoms with Gasteiger partial charge in [-0.25, -0.2) is 0 Å². The summed E-state index contributed by atoms with van der Waals surface area (Å²) >= 11 is 2.00. The van der Waals surface area contributed by atoms with E-state index in [1.54, 1.807) is 0 Å². The molecule has 1 atom stereocenters. The zero-order valence-corrected chi connectivity index (χ0v) is 16.7. The Kier molecular flexibility index (Phi) is 5.67. The highest BCUT2D eigenvalue weighted by atomic mass is 32.2. The molecule has 4 rings (SSSR count). The maximum Gasteiger partial charge on any atom is 0.193 e. The number of nitrogens with zero attached hydrogens (tertiary/aromatic N) is 1. The van der Waals surface area contributed by atoms with Gasteiger partial charge in [-0.3, -0.25) is 4.79 Å².